The number of carbonyl (C=O) groups excluding carboxylic acids is 1. The zero-order valence-corrected chi connectivity index (χ0v) is 7.99. The lowest BCUT2D eigenvalue weighted by Crippen LogP contribution is -2.36. The zero-order valence-electron chi connectivity index (χ0n) is 7.99. The molecule has 0 aliphatic carbocycles. The minimum atomic E-state index is 0.0851. The third kappa shape index (κ3) is 1.27. The molecule has 0 aromatic heterocycles. The predicted octanol–water partition coefficient (Wildman–Crippen LogP) is 0.239. The fraction of sp³-hybridized carbons (Fsp3) is 0.700. The second-order valence-electron chi connectivity index (χ2n) is 4.02. The van der Waals surface area contributed by atoms with Crippen molar-refractivity contribution in [2.24, 2.45) is 11.8 Å². The number of nitrogens with zero attached hydrogens (tertiary/aromatic N) is 1. The van der Waals surface area contributed by atoms with Gasteiger partial charge in [0.1, 0.15) is 0 Å². The lowest BCUT2D eigenvalue weighted by atomic mass is 9.95. The van der Waals surface area contributed by atoms with Gasteiger partial charge < -0.3 is 10.2 Å². The SMILES string of the molecule is C=CC(=O)N1CC2CNCC2C1C. The molecule has 3 atom stereocenters. The van der Waals surface area contributed by atoms with Crippen LogP contribution in [0.3, 0.4) is 0 Å². The van der Waals surface area contributed by atoms with Crippen LogP contribution in [0.25, 0.3) is 0 Å². The van der Waals surface area contributed by atoms with Crippen LogP contribution in [0.1, 0.15) is 6.92 Å². The standard InChI is InChI=1S/C10H16N2O/c1-3-10(13)12-6-8-4-11-5-9(8)7(12)2/h3,7-9,11H,1,4-6H2,2H3. The third-order valence-electron chi connectivity index (χ3n) is 3.39. The summed E-state index contributed by atoms with van der Waals surface area (Å²) in [6.45, 7) is 8.70. The summed E-state index contributed by atoms with van der Waals surface area (Å²) < 4.78 is 0. The highest BCUT2D eigenvalue weighted by atomic mass is 16.2. The first kappa shape index (κ1) is 8.75. The van der Waals surface area contributed by atoms with Crippen LogP contribution in [0.2, 0.25) is 0 Å². The first-order chi connectivity index (χ1) is 6.24. The van der Waals surface area contributed by atoms with Crippen molar-refractivity contribution in [3.63, 3.8) is 0 Å². The minimum Gasteiger partial charge on any atom is -0.336 e. The molecule has 3 heteroatoms. The predicted molar refractivity (Wildman–Crippen MR) is 51.2 cm³/mol. The maximum Gasteiger partial charge on any atom is 0.246 e. The Morgan fingerprint density at radius 3 is 3.00 bits per heavy atom. The number of rotatable bonds is 1. The molecule has 2 fully saturated rings. The molecule has 0 saturated carbocycles. The van der Waals surface area contributed by atoms with E-state index in [2.05, 4.69) is 18.8 Å². The number of nitrogens with one attached hydrogen (secondary N) is 1. The summed E-state index contributed by atoms with van der Waals surface area (Å²) >= 11 is 0. The topological polar surface area (TPSA) is 32.3 Å². The maximum absolute atomic E-state index is 11.4. The molecule has 2 rings (SSSR count). The average Bonchev–Trinajstić information content (AvgIpc) is 2.68. The molecule has 1 amide bonds. The van der Waals surface area contributed by atoms with Crippen molar-refractivity contribution >= 4 is 5.91 Å². The molecule has 0 aromatic carbocycles. The Kier molecular flexibility index (Phi) is 2.12. The van der Waals surface area contributed by atoms with E-state index in [1.807, 2.05) is 4.90 Å². The monoisotopic (exact) mass is 180 g/mol. The van der Waals surface area contributed by atoms with Gasteiger partial charge in [-0.1, -0.05) is 6.58 Å². The highest BCUT2D eigenvalue weighted by Gasteiger charge is 2.42. The number of likely N-dealkylation sites (tertiary alicyclic amines) is 1. The number of fused-ring (bicyclic) bond motifs is 1. The average molecular weight is 180 g/mol. The molecule has 2 saturated heterocycles. The van der Waals surface area contributed by atoms with Gasteiger partial charge in [-0.25, -0.2) is 0 Å². The van der Waals surface area contributed by atoms with Gasteiger partial charge in [-0.3, -0.25) is 4.79 Å². The Hall–Kier alpha value is -0.830. The molecule has 13 heavy (non-hydrogen) atoms. The molecule has 3 unspecified atom stereocenters. The number of carbonyl (C=O) groups is 1. The Bertz CT molecular complexity index is 239. The third-order valence-corrected chi connectivity index (χ3v) is 3.39. The Balaban J connectivity index is 2.10. The Morgan fingerprint density at radius 2 is 2.38 bits per heavy atom. The quantitative estimate of drug-likeness (QED) is 0.586. The van der Waals surface area contributed by atoms with Crippen molar-refractivity contribution in [1.82, 2.24) is 10.2 Å². The fourth-order valence-electron chi connectivity index (χ4n) is 2.58. The molecule has 72 valence electrons. The van der Waals surface area contributed by atoms with Crippen molar-refractivity contribution in [3.8, 4) is 0 Å². The second-order valence-corrected chi connectivity index (χ2v) is 4.02. The summed E-state index contributed by atoms with van der Waals surface area (Å²) in [5.41, 5.74) is 0. The molecule has 2 aliphatic rings. The van der Waals surface area contributed by atoms with Crippen LogP contribution in [0, 0.1) is 11.8 Å². The van der Waals surface area contributed by atoms with E-state index < -0.39 is 0 Å². The highest BCUT2D eigenvalue weighted by molar-refractivity contribution is 5.87. The summed E-state index contributed by atoms with van der Waals surface area (Å²) in [5.74, 6) is 1.41. The van der Waals surface area contributed by atoms with E-state index >= 15 is 0 Å². The van der Waals surface area contributed by atoms with E-state index in [4.69, 9.17) is 0 Å². The highest BCUT2D eigenvalue weighted by Crippen LogP contribution is 2.32. The largest absolute Gasteiger partial charge is 0.336 e. The van der Waals surface area contributed by atoms with Gasteiger partial charge >= 0.3 is 0 Å². The summed E-state index contributed by atoms with van der Waals surface area (Å²) in [6, 6.07) is 0.380. The molecule has 2 heterocycles. The van der Waals surface area contributed by atoms with Gasteiger partial charge in [0.05, 0.1) is 0 Å². The number of hydrogen-bond donors (Lipinski definition) is 1. The van der Waals surface area contributed by atoms with Crippen molar-refractivity contribution in [2.75, 3.05) is 19.6 Å². The van der Waals surface area contributed by atoms with E-state index in [1.54, 1.807) is 0 Å². The molecule has 0 bridgehead atoms. The van der Waals surface area contributed by atoms with Gasteiger partial charge in [0, 0.05) is 25.7 Å². The Labute approximate surface area is 78.8 Å². The zero-order chi connectivity index (χ0) is 9.42. The van der Waals surface area contributed by atoms with Crippen LogP contribution in [0.5, 0.6) is 0 Å². The van der Waals surface area contributed by atoms with Gasteiger partial charge in [0.25, 0.3) is 0 Å². The van der Waals surface area contributed by atoms with Crippen LogP contribution < -0.4 is 5.32 Å². The normalized spacial score (nSPS) is 37.6. The summed E-state index contributed by atoms with van der Waals surface area (Å²) in [6.07, 6.45) is 1.42. The van der Waals surface area contributed by atoms with Crippen molar-refractivity contribution < 1.29 is 4.79 Å². The summed E-state index contributed by atoms with van der Waals surface area (Å²) in [4.78, 5) is 13.4. The summed E-state index contributed by atoms with van der Waals surface area (Å²) in [5, 5.41) is 3.37. The van der Waals surface area contributed by atoms with Crippen LogP contribution in [0.15, 0.2) is 12.7 Å². The van der Waals surface area contributed by atoms with E-state index in [1.165, 1.54) is 6.08 Å². The lowest BCUT2D eigenvalue weighted by molar-refractivity contribution is -0.126. The van der Waals surface area contributed by atoms with Gasteiger partial charge in [0.2, 0.25) is 5.91 Å². The molecule has 0 radical (unpaired) electrons. The van der Waals surface area contributed by atoms with Crippen LogP contribution in [0.4, 0.5) is 0 Å². The van der Waals surface area contributed by atoms with E-state index in [-0.39, 0.29) is 5.91 Å². The molecule has 1 N–H and O–H groups in total. The van der Waals surface area contributed by atoms with Crippen LogP contribution in [-0.4, -0.2) is 36.5 Å². The first-order valence-corrected chi connectivity index (χ1v) is 4.87. The first-order valence-electron chi connectivity index (χ1n) is 4.87. The van der Waals surface area contributed by atoms with Crippen molar-refractivity contribution in [3.05, 3.63) is 12.7 Å². The van der Waals surface area contributed by atoms with Gasteiger partial charge in [-0.2, -0.15) is 0 Å². The van der Waals surface area contributed by atoms with Gasteiger partial charge in [-0.05, 0) is 24.8 Å². The fourth-order valence-corrected chi connectivity index (χ4v) is 2.58. The second kappa shape index (κ2) is 3.14. The van der Waals surface area contributed by atoms with Crippen molar-refractivity contribution in [2.45, 2.75) is 13.0 Å². The van der Waals surface area contributed by atoms with E-state index in [9.17, 15) is 4.79 Å². The van der Waals surface area contributed by atoms with Gasteiger partial charge in [0.15, 0.2) is 0 Å². The van der Waals surface area contributed by atoms with Crippen LogP contribution >= 0.6 is 0 Å². The molecular formula is C10H16N2O. The molecular weight excluding hydrogens is 164 g/mol. The summed E-state index contributed by atoms with van der Waals surface area (Å²) in [7, 11) is 0. The van der Waals surface area contributed by atoms with Gasteiger partial charge in [-0.15, -0.1) is 0 Å². The smallest absolute Gasteiger partial charge is 0.246 e. The number of amides is 1. The van der Waals surface area contributed by atoms with E-state index in [0.717, 1.165) is 19.6 Å². The number of hydrogen-bond acceptors (Lipinski definition) is 2. The Morgan fingerprint density at radius 1 is 1.62 bits per heavy atom. The van der Waals surface area contributed by atoms with Crippen molar-refractivity contribution in [1.29, 1.82) is 0 Å². The molecule has 0 aromatic rings. The van der Waals surface area contributed by atoms with Crippen LogP contribution in [-0.2, 0) is 4.79 Å². The lowest BCUT2D eigenvalue weighted by Gasteiger charge is -2.22. The van der Waals surface area contributed by atoms with E-state index in [0.29, 0.717) is 17.9 Å². The molecule has 0 spiro atoms. The molecule has 2 aliphatic heterocycles. The minimum absolute atomic E-state index is 0.0851. The molecule has 3 nitrogen and oxygen atoms in total. The maximum atomic E-state index is 11.4.